The number of amides is 2. The zero-order valence-corrected chi connectivity index (χ0v) is 8.74. The quantitative estimate of drug-likeness (QED) is 0.729. The molecule has 0 aliphatic rings. The van der Waals surface area contributed by atoms with Crippen LogP contribution in [0.3, 0.4) is 0 Å². The van der Waals surface area contributed by atoms with E-state index in [2.05, 4.69) is 10.0 Å². The Hall–Kier alpha value is -1.60. The van der Waals surface area contributed by atoms with E-state index in [1.54, 1.807) is 17.6 Å². The summed E-state index contributed by atoms with van der Waals surface area (Å²) in [5.41, 5.74) is 7.13. The minimum absolute atomic E-state index is 0.0538. The molecule has 15 heavy (non-hydrogen) atoms. The number of hydrogen-bond acceptors (Lipinski definition) is 4. The standard InChI is InChI=1S/C8H10N2O4S/c1-6-2-4-7(5-3-6)15(12,13)14-10-8(9)11/h2-5H,1H3,(H3,9,10,11). The lowest BCUT2D eigenvalue weighted by atomic mass is 10.2. The average Bonchev–Trinajstić information content (AvgIpc) is 2.16. The van der Waals surface area contributed by atoms with Crippen LogP contribution in [0.15, 0.2) is 29.2 Å². The lowest BCUT2D eigenvalue weighted by Gasteiger charge is -2.04. The van der Waals surface area contributed by atoms with Crippen LogP contribution in [-0.2, 0) is 14.4 Å². The zero-order chi connectivity index (χ0) is 11.5. The number of carbonyl (C=O) groups excluding carboxylic acids is 1. The molecule has 0 saturated carbocycles. The van der Waals surface area contributed by atoms with Crippen LogP contribution in [0.5, 0.6) is 0 Å². The maximum atomic E-state index is 11.4. The minimum atomic E-state index is -3.98. The van der Waals surface area contributed by atoms with E-state index in [0.717, 1.165) is 5.56 Å². The van der Waals surface area contributed by atoms with Gasteiger partial charge >= 0.3 is 16.1 Å². The van der Waals surface area contributed by atoms with E-state index in [1.807, 2.05) is 6.92 Å². The highest BCUT2D eigenvalue weighted by atomic mass is 32.2. The van der Waals surface area contributed by atoms with Gasteiger partial charge in [-0.1, -0.05) is 17.7 Å². The van der Waals surface area contributed by atoms with Gasteiger partial charge in [-0.05, 0) is 19.1 Å². The highest BCUT2D eigenvalue weighted by Gasteiger charge is 2.15. The molecule has 0 heterocycles. The van der Waals surface area contributed by atoms with Gasteiger partial charge in [-0.15, -0.1) is 4.28 Å². The van der Waals surface area contributed by atoms with Crippen LogP contribution in [-0.4, -0.2) is 14.4 Å². The molecule has 6 nitrogen and oxygen atoms in total. The summed E-state index contributed by atoms with van der Waals surface area (Å²) >= 11 is 0. The second-order valence-electron chi connectivity index (χ2n) is 2.82. The maximum Gasteiger partial charge on any atom is 0.337 e. The number of primary amides is 1. The molecule has 2 amide bonds. The second-order valence-corrected chi connectivity index (χ2v) is 4.36. The topological polar surface area (TPSA) is 98.5 Å². The summed E-state index contributed by atoms with van der Waals surface area (Å²) in [6, 6.07) is 4.88. The summed E-state index contributed by atoms with van der Waals surface area (Å²) < 4.78 is 26.9. The summed E-state index contributed by atoms with van der Waals surface area (Å²) in [4.78, 5) is 10.2. The van der Waals surface area contributed by atoms with Gasteiger partial charge < -0.3 is 5.73 Å². The first kappa shape index (κ1) is 11.5. The molecule has 1 rings (SSSR count). The molecule has 3 N–H and O–H groups in total. The number of hydroxylamine groups is 1. The Morgan fingerprint density at radius 3 is 2.33 bits per heavy atom. The maximum absolute atomic E-state index is 11.4. The summed E-state index contributed by atoms with van der Waals surface area (Å²) in [5, 5.41) is 0. The molecule has 0 aliphatic carbocycles. The van der Waals surface area contributed by atoms with Crippen molar-refractivity contribution in [2.24, 2.45) is 5.73 Å². The fourth-order valence-corrected chi connectivity index (χ4v) is 1.61. The van der Waals surface area contributed by atoms with Crippen LogP contribution in [0.1, 0.15) is 5.56 Å². The first-order chi connectivity index (χ1) is 6.92. The lowest BCUT2D eigenvalue weighted by molar-refractivity contribution is 0.189. The first-order valence-corrected chi connectivity index (χ1v) is 5.38. The fraction of sp³-hybridized carbons (Fsp3) is 0.125. The van der Waals surface area contributed by atoms with Crippen molar-refractivity contribution < 1.29 is 17.5 Å². The van der Waals surface area contributed by atoms with E-state index in [9.17, 15) is 13.2 Å². The molecule has 1 aromatic rings. The summed E-state index contributed by atoms with van der Waals surface area (Å²) in [6.45, 7) is 1.82. The van der Waals surface area contributed by atoms with Crippen molar-refractivity contribution in [2.75, 3.05) is 0 Å². The Bertz CT molecular complexity index is 452. The van der Waals surface area contributed by atoms with Gasteiger partial charge in [0.2, 0.25) is 0 Å². The molecular weight excluding hydrogens is 220 g/mol. The lowest BCUT2D eigenvalue weighted by Crippen LogP contribution is -2.31. The molecule has 0 atom stereocenters. The predicted molar refractivity (Wildman–Crippen MR) is 52.2 cm³/mol. The van der Waals surface area contributed by atoms with E-state index in [4.69, 9.17) is 0 Å². The number of hydrogen-bond donors (Lipinski definition) is 2. The minimum Gasteiger partial charge on any atom is -0.350 e. The largest absolute Gasteiger partial charge is 0.350 e. The molecular formula is C8H10N2O4S. The van der Waals surface area contributed by atoms with Crippen molar-refractivity contribution in [1.29, 1.82) is 0 Å². The molecule has 82 valence electrons. The second kappa shape index (κ2) is 4.28. The highest BCUT2D eigenvalue weighted by molar-refractivity contribution is 7.86. The van der Waals surface area contributed by atoms with Gasteiger partial charge in [-0.3, -0.25) is 0 Å². The summed E-state index contributed by atoms with van der Waals surface area (Å²) in [7, 11) is -3.98. The molecule has 0 saturated heterocycles. The molecule has 7 heteroatoms. The molecule has 0 spiro atoms. The smallest absolute Gasteiger partial charge is 0.337 e. The van der Waals surface area contributed by atoms with Gasteiger partial charge in [0.05, 0.1) is 4.90 Å². The van der Waals surface area contributed by atoms with Crippen LogP contribution in [0, 0.1) is 6.92 Å². The molecule has 0 bridgehead atoms. The zero-order valence-electron chi connectivity index (χ0n) is 7.93. The van der Waals surface area contributed by atoms with Crippen LogP contribution in [0.25, 0.3) is 0 Å². The average molecular weight is 230 g/mol. The molecule has 0 aromatic heterocycles. The summed E-state index contributed by atoms with van der Waals surface area (Å²) in [6.07, 6.45) is 0. The van der Waals surface area contributed by atoms with Gasteiger partial charge in [0.1, 0.15) is 0 Å². The number of benzene rings is 1. The van der Waals surface area contributed by atoms with Gasteiger partial charge in [-0.2, -0.15) is 13.9 Å². The van der Waals surface area contributed by atoms with Gasteiger partial charge in [0.25, 0.3) is 0 Å². The Morgan fingerprint density at radius 1 is 1.33 bits per heavy atom. The number of nitrogens with two attached hydrogens (primary N) is 1. The van der Waals surface area contributed by atoms with Gasteiger partial charge in [0, 0.05) is 0 Å². The summed E-state index contributed by atoms with van der Waals surface area (Å²) in [5.74, 6) is 0. The van der Waals surface area contributed by atoms with Crippen molar-refractivity contribution in [3.8, 4) is 0 Å². The van der Waals surface area contributed by atoms with Crippen molar-refractivity contribution in [3.05, 3.63) is 29.8 Å². The van der Waals surface area contributed by atoms with E-state index in [0.29, 0.717) is 0 Å². The van der Waals surface area contributed by atoms with Crippen LogP contribution < -0.4 is 11.2 Å². The van der Waals surface area contributed by atoms with E-state index < -0.39 is 16.1 Å². The fourth-order valence-electron chi connectivity index (χ4n) is 0.849. The molecule has 0 aliphatic heterocycles. The van der Waals surface area contributed by atoms with Gasteiger partial charge in [0.15, 0.2) is 0 Å². The van der Waals surface area contributed by atoms with E-state index in [1.165, 1.54) is 12.1 Å². The number of nitrogens with one attached hydrogen (secondary N) is 1. The Balaban J connectivity index is 2.87. The number of urea groups is 1. The third kappa shape index (κ3) is 3.22. The highest BCUT2D eigenvalue weighted by Crippen LogP contribution is 2.11. The molecule has 0 radical (unpaired) electrons. The molecule has 0 fully saturated rings. The third-order valence-corrected chi connectivity index (χ3v) is 2.71. The van der Waals surface area contributed by atoms with Crippen molar-refractivity contribution >= 4 is 16.1 Å². The number of rotatable bonds is 3. The van der Waals surface area contributed by atoms with Gasteiger partial charge in [-0.25, -0.2) is 4.79 Å². The van der Waals surface area contributed by atoms with Crippen molar-refractivity contribution in [1.82, 2.24) is 5.48 Å². The molecule has 1 aromatic carbocycles. The van der Waals surface area contributed by atoms with Crippen molar-refractivity contribution in [3.63, 3.8) is 0 Å². The Kier molecular flexibility index (Phi) is 3.28. The van der Waals surface area contributed by atoms with Crippen LogP contribution in [0.4, 0.5) is 4.79 Å². The number of carbonyl (C=O) groups is 1. The normalized spacial score (nSPS) is 11.0. The van der Waals surface area contributed by atoms with E-state index >= 15 is 0 Å². The molecule has 0 unspecified atom stereocenters. The Labute approximate surface area is 87.1 Å². The van der Waals surface area contributed by atoms with Crippen LogP contribution in [0.2, 0.25) is 0 Å². The van der Waals surface area contributed by atoms with Crippen molar-refractivity contribution in [2.45, 2.75) is 11.8 Å². The van der Waals surface area contributed by atoms with E-state index in [-0.39, 0.29) is 4.90 Å². The monoisotopic (exact) mass is 230 g/mol. The predicted octanol–water partition coefficient (Wildman–Crippen LogP) is 0.284. The number of aryl methyl sites for hydroxylation is 1. The first-order valence-electron chi connectivity index (χ1n) is 3.97. The third-order valence-electron chi connectivity index (χ3n) is 1.56. The SMILES string of the molecule is Cc1ccc(S(=O)(=O)ONC(N)=O)cc1. The Morgan fingerprint density at radius 2 is 1.87 bits per heavy atom. The van der Waals surface area contributed by atoms with Crippen LogP contribution >= 0.6 is 0 Å².